The Bertz CT molecular complexity index is 865. The van der Waals surface area contributed by atoms with Crippen molar-refractivity contribution in [2.75, 3.05) is 33.1 Å². The van der Waals surface area contributed by atoms with Gasteiger partial charge in [-0.1, -0.05) is 12.1 Å². The summed E-state index contributed by atoms with van der Waals surface area (Å²) < 4.78 is 33.2. The van der Waals surface area contributed by atoms with E-state index in [9.17, 15) is 13.5 Å². The zero-order valence-corrected chi connectivity index (χ0v) is 15.9. The first kappa shape index (κ1) is 20.9. The van der Waals surface area contributed by atoms with Crippen LogP contribution in [-0.4, -0.2) is 72.0 Å². The Morgan fingerprint density at radius 2 is 2.07 bits per heavy atom. The minimum absolute atomic E-state index is 0.0301. The molecule has 1 aliphatic rings. The molecule has 27 heavy (non-hydrogen) atoms. The van der Waals surface area contributed by atoms with Crippen LogP contribution in [0.25, 0.3) is 11.4 Å². The quantitative estimate of drug-likeness (QED) is 0.723. The topological polar surface area (TPSA) is 122 Å². The number of aromatic nitrogens is 2. The van der Waals surface area contributed by atoms with Gasteiger partial charge < -0.3 is 19.5 Å². The van der Waals surface area contributed by atoms with Crippen molar-refractivity contribution in [3.8, 4) is 17.1 Å². The van der Waals surface area contributed by atoms with Gasteiger partial charge in [-0.15, -0.1) is 0 Å². The Kier molecular flexibility index (Phi) is 6.94. The second kappa shape index (κ2) is 8.98. The maximum absolute atomic E-state index is 12.2. The van der Waals surface area contributed by atoms with Gasteiger partial charge in [0.15, 0.2) is 0 Å². The van der Waals surface area contributed by atoms with Gasteiger partial charge >= 0.3 is 0 Å². The molecule has 0 spiro atoms. The van der Waals surface area contributed by atoms with Crippen molar-refractivity contribution in [3.05, 3.63) is 36.7 Å². The SMILES string of the molecule is CN(C)S(=O)(=O)C[C@H]1COC[C@H]1n1ccnc1-c1cccc(O)c1.O=CO. The number of ether oxygens (including phenoxy) is 1. The van der Waals surface area contributed by atoms with Crippen LogP contribution in [0.2, 0.25) is 0 Å². The van der Waals surface area contributed by atoms with E-state index in [1.54, 1.807) is 24.4 Å². The number of hydrogen-bond donors (Lipinski definition) is 2. The number of hydrogen-bond acceptors (Lipinski definition) is 6. The first-order chi connectivity index (χ1) is 12.8. The fraction of sp³-hybridized carbons (Fsp3) is 0.412. The Labute approximate surface area is 157 Å². The zero-order valence-electron chi connectivity index (χ0n) is 15.1. The highest BCUT2D eigenvalue weighted by molar-refractivity contribution is 7.89. The van der Waals surface area contributed by atoms with E-state index >= 15 is 0 Å². The van der Waals surface area contributed by atoms with E-state index in [1.165, 1.54) is 18.4 Å². The number of imidazole rings is 1. The number of carboxylic acid groups (broad SMARTS) is 1. The molecular formula is C17H23N3O6S. The smallest absolute Gasteiger partial charge is 0.290 e. The predicted molar refractivity (Wildman–Crippen MR) is 98.8 cm³/mol. The minimum Gasteiger partial charge on any atom is -0.508 e. The van der Waals surface area contributed by atoms with E-state index in [0.29, 0.717) is 19.0 Å². The summed E-state index contributed by atoms with van der Waals surface area (Å²) in [6.07, 6.45) is 3.50. The Morgan fingerprint density at radius 3 is 2.70 bits per heavy atom. The standard InChI is InChI=1S/C16H21N3O4S.CH2O2/c1-18(2)24(21,22)11-13-9-23-10-15(13)19-7-6-17-16(19)12-4-3-5-14(20)8-12;2-1-3/h3-8,13,15,20H,9-11H2,1-2H3;1H,(H,2,3)/t13-,15-;/m1./s1. The molecule has 1 aliphatic heterocycles. The van der Waals surface area contributed by atoms with Crippen molar-refractivity contribution in [1.29, 1.82) is 0 Å². The third-order valence-corrected chi connectivity index (χ3v) is 6.24. The van der Waals surface area contributed by atoms with E-state index < -0.39 is 10.0 Å². The summed E-state index contributed by atoms with van der Waals surface area (Å²) >= 11 is 0. The third-order valence-electron chi connectivity index (χ3n) is 4.28. The molecule has 0 amide bonds. The van der Waals surface area contributed by atoms with Crippen LogP contribution >= 0.6 is 0 Å². The molecule has 2 aromatic rings. The molecule has 1 aromatic carbocycles. The second-order valence-corrected chi connectivity index (χ2v) is 8.47. The highest BCUT2D eigenvalue weighted by Gasteiger charge is 2.35. The van der Waals surface area contributed by atoms with Gasteiger partial charge in [-0.25, -0.2) is 17.7 Å². The van der Waals surface area contributed by atoms with Crippen LogP contribution in [-0.2, 0) is 19.6 Å². The summed E-state index contributed by atoms with van der Waals surface area (Å²) in [5.74, 6) is 0.732. The van der Waals surface area contributed by atoms with Gasteiger partial charge in [0, 0.05) is 38.0 Å². The maximum atomic E-state index is 12.2. The Morgan fingerprint density at radius 1 is 1.37 bits per heavy atom. The molecule has 1 fully saturated rings. The maximum Gasteiger partial charge on any atom is 0.290 e. The monoisotopic (exact) mass is 397 g/mol. The molecule has 148 valence electrons. The molecule has 0 saturated carbocycles. The van der Waals surface area contributed by atoms with Crippen LogP contribution in [0.5, 0.6) is 5.75 Å². The van der Waals surface area contributed by atoms with Crippen LogP contribution < -0.4 is 0 Å². The van der Waals surface area contributed by atoms with Crippen LogP contribution in [0.1, 0.15) is 6.04 Å². The lowest BCUT2D eigenvalue weighted by molar-refractivity contribution is -0.122. The molecule has 2 atom stereocenters. The summed E-state index contributed by atoms with van der Waals surface area (Å²) in [5, 5.41) is 16.6. The molecule has 0 unspecified atom stereocenters. The predicted octanol–water partition coefficient (Wildman–Crippen LogP) is 1.04. The van der Waals surface area contributed by atoms with Crippen molar-refractivity contribution in [3.63, 3.8) is 0 Å². The Balaban J connectivity index is 0.000000817. The lowest BCUT2D eigenvalue weighted by atomic mass is 10.1. The van der Waals surface area contributed by atoms with E-state index in [0.717, 1.165) is 5.56 Å². The van der Waals surface area contributed by atoms with Gasteiger partial charge in [0.25, 0.3) is 6.47 Å². The third kappa shape index (κ3) is 5.06. The lowest BCUT2D eigenvalue weighted by Crippen LogP contribution is -2.32. The average molecular weight is 397 g/mol. The summed E-state index contributed by atoms with van der Waals surface area (Å²) in [6, 6.07) is 6.74. The van der Waals surface area contributed by atoms with E-state index in [2.05, 4.69) is 4.98 Å². The first-order valence-electron chi connectivity index (χ1n) is 8.18. The van der Waals surface area contributed by atoms with Crippen molar-refractivity contribution in [2.24, 2.45) is 5.92 Å². The largest absolute Gasteiger partial charge is 0.508 e. The summed E-state index contributed by atoms with van der Waals surface area (Å²) in [5.41, 5.74) is 0.779. The highest BCUT2D eigenvalue weighted by atomic mass is 32.2. The summed E-state index contributed by atoms with van der Waals surface area (Å²) in [4.78, 5) is 12.7. The number of phenols is 1. The summed E-state index contributed by atoms with van der Waals surface area (Å²) in [7, 11) is -0.236. The number of aromatic hydroxyl groups is 1. The number of rotatable bonds is 5. The number of phenolic OH excluding ortho intramolecular Hbond substituents is 1. The van der Waals surface area contributed by atoms with Crippen LogP contribution in [0, 0.1) is 5.92 Å². The molecule has 3 rings (SSSR count). The summed E-state index contributed by atoms with van der Waals surface area (Å²) in [6.45, 7) is 0.588. The molecule has 0 radical (unpaired) electrons. The lowest BCUT2D eigenvalue weighted by Gasteiger charge is -2.22. The van der Waals surface area contributed by atoms with Gasteiger partial charge in [-0.05, 0) is 12.1 Å². The first-order valence-corrected chi connectivity index (χ1v) is 9.79. The van der Waals surface area contributed by atoms with E-state index in [1.807, 2.05) is 16.8 Å². The van der Waals surface area contributed by atoms with Crippen LogP contribution in [0.15, 0.2) is 36.7 Å². The molecule has 10 heteroatoms. The number of benzene rings is 1. The number of nitrogens with zero attached hydrogens (tertiary/aromatic N) is 3. The molecule has 1 saturated heterocycles. The van der Waals surface area contributed by atoms with Crippen molar-refractivity contribution in [2.45, 2.75) is 6.04 Å². The molecule has 2 heterocycles. The van der Waals surface area contributed by atoms with Crippen molar-refractivity contribution in [1.82, 2.24) is 13.9 Å². The van der Waals surface area contributed by atoms with Crippen molar-refractivity contribution < 1.29 is 28.2 Å². The van der Waals surface area contributed by atoms with E-state index in [-0.39, 0.29) is 29.9 Å². The zero-order chi connectivity index (χ0) is 20.0. The molecular weight excluding hydrogens is 374 g/mol. The van der Waals surface area contributed by atoms with Gasteiger partial charge in [0.2, 0.25) is 10.0 Å². The molecule has 9 nitrogen and oxygen atoms in total. The van der Waals surface area contributed by atoms with Crippen LogP contribution in [0.3, 0.4) is 0 Å². The average Bonchev–Trinajstić information content (AvgIpc) is 3.23. The minimum atomic E-state index is -3.31. The number of sulfonamides is 1. The fourth-order valence-corrected chi connectivity index (χ4v) is 4.08. The molecule has 0 aliphatic carbocycles. The molecule has 1 aromatic heterocycles. The highest BCUT2D eigenvalue weighted by Crippen LogP contribution is 2.32. The van der Waals surface area contributed by atoms with Crippen LogP contribution in [0.4, 0.5) is 0 Å². The van der Waals surface area contributed by atoms with E-state index in [4.69, 9.17) is 14.6 Å². The van der Waals surface area contributed by atoms with Gasteiger partial charge in [-0.2, -0.15) is 0 Å². The normalized spacial score (nSPS) is 19.5. The van der Waals surface area contributed by atoms with Gasteiger partial charge in [0.1, 0.15) is 11.6 Å². The van der Waals surface area contributed by atoms with Crippen molar-refractivity contribution >= 4 is 16.5 Å². The molecule has 0 bridgehead atoms. The molecule has 2 N–H and O–H groups in total. The number of carbonyl (C=O) groups is 1. The van der Waals surface area contributed by atoms with Gasteiger partial charge in [-0.3, -0.25) is 4.79 Å². The second-order valence-electron chi connectivity index (χ2n) is 6.24. The van der Waals surface area contributed by atoms with Gasteiger partial charge in [0.05, 0.1) is 25.0 Å². The fourth-order valence-electron chi connectivity index (χ4n) is 2.92. The Hall–Kier alpha value is -2.43.